The highest BCUT2D eigenvalue weighted by atomic mass is 35.5. The summed E-state index contributed by atoms with van der Waals surface area (Å²) in [5, 5.41) is 3.44. The number of nitrogens with zero attached hydrogens (tertiary/aromatic N) is 1. The minimum absolute atomic E-state index is 0.0408. The highest BCUT2D eigenvalue weighted by molar-refractivity contribution is 6.64. The third-order valence-electron chi connectivity index (χ3n) is 1.69. The number of hydrogen-bond donors (Lipinski definition) is 0. The van der Waals surface area contributed by atoms with Gasteiger partial charge in [0.2, 0.25) is 0 Å². The van der Waals surface area contributed by atoms with Gasteiger partial charge in [0.15, 0.2) is 9.67 Å². The maximum Gasteiger partial charge on any atom is 0.365 e. The molecule has 0 unspecified atom stereocenters. The number of rotatable bonds is 4. The summed E-state index contributed by atoms with van der Waals surface area (Å²) >= 11 is 22.2. The Hall–Kier alpha value is -0.480. The van der Waals surface area contributed by atoms with Crippen molar-refractivity contribution in [1.82, 2.24) is 0 Å². The van der Waals surface area contributed by atoms with Crippen LogP contribution in [0.1, 0.15) is 10.4 Å². The average Bonchev–Trinajstić information content (AvgIpc) is 2.29. The highest BCUT2D eigenvalue weighted by Crippen LogP contribution is 2.16. The van der Waals surface area contributed by atoms with E-state index < -0.39 is 15.6 Å². The highest BCUT2D eigenvalue weighted by Gasteiger charge is 2.19. The van der Waals surface area contributed by atoms with Crippen molar-refractivity contribution in [2.45, 2.75) is 9.67 Å². The lowest BCUT2D eigenvalue weighted by Crippen LogP contribution is -2.18. The Bertz CT molecular complexity index is 396. The van der Waals surface area contributed by atoms with Crippen LogP contribution in [0.5, 0.6) is 0 Å². The summed E-state index contributed by atoms with van der Waals surface area (Å²) in [7, 11) is 0. The third-order valence-corrected chi connectivity index (χ3v) is 2.58. The smallest absolute Gasteiger partial charge is 0.313 e. The van der Waals surface area contributed by atoms with Crippen LogP contribution in [0.15, 0.2) is 35.5 Å². The van der Waals surface area contributed by atoms with Crippen molar-refractivity contribution >= 4 is 58.1 Å². The molecule has 0 aliphatic carbocycles. The van der Waals surface area contributed by atoms with Gasteiger partial charge < -0.3 is 4.84 Å². The minimum Gasteiger partial charge on any atom is -0.313 e. The van der Waals surface area contributed by atoms with Crippen molar-refractivity contribution in [3.63, 3.8) is 0 Å². The molecule has 0 atom stereocenters. The van der Waals surface area contributed by atoms with Gasteiger partial charge in [-0.25, -0.2) is 4.79 Å². The topological polar surface area (TPSA) is 38.7 Å². The van der Waals surface area contributed by atoms with Crippen LogP contribution in [-0.4, -0.2) is 21.4 Å². The minimum atomic E-state index is -1.04. The molecule has 1 rings (SSSR count). The Labute approximate surface area is 118 Å². The largest absolute Gasteiger partial charge is 0.365 e. The van der Waals surface area contributed by atoms with E-state index >= 15 is 0 Å². The molecule has 17 heavy (non-hydrogen) atoms. The monoisotopic (exact) mass is 313 g/mol. The molecular weight excluding hydrogens is 308 g/mol. The van der Waals surface area contributed by atoms with Crippen LogP contribution in [0, 0.1) is 0 Å². The van der Waals surface area contributed by atoms with Gasteiger partial charge in [-0.15, -0.1) is 0 Å². The van der Waals surface area contributed by atoms with E-state index in [9.17, 15) is 4.79 Å². The molecule has 0 radical (unpaired) electrons. The Kier molecular flexibility index (Phi) is 6.06. The Morgan fingerprint density at radius 1 is 1.06 bits per heavy atom. The van der Waals surface area contributed by atoms with Gasteiger partial charge in [-0.2, -0.15) is 0 Å². The predicted molar refractivity (Wildman–Crippen MR) is 70.3 cm³/mol. The van der Waals surface area contributed by atoms with Crippen LogP contribution in [0.2, 0.25) is 0 Å². The van der Waals surface area contributed by atoms with Crippen molar-refractivity contribution in [3.05, 3.63) is 35.9 Å². The van der Waals surface area contributed by atoms with E-state index in [1.165, 1.54) is 0 Å². The average molecular weight is 315 g/mol. The maximum atomic E-state index is 11.5. The molecule has 0 saturated heterocycles. The zero-order chi connectivity index (χ0) is 12.8. The second-order valence-corrected chi connectivity index (χ2v) is 5.05. The fraction of sp³-hybridized carbons (Fsp3) is 0.200. The molecule has 1 aromatic carbocycles. The number of benzene rings is 1. The molecule has 0 saturated carbocycles. The molecule has 0 fully saturated rings. The summed E-state index contributed by atoms with van der Waals surface area (Å²) < 4.78 is 0. The summed E-state index contributed by atoms with van der Waals surface area (Å²) in [6.07, 6.45) is 0. The first-order valence-electron chi connectivity index (χ1n) is 4.43. The summed E-state index contributed by atoms with van der Waals surface area (Å²) in [5.41, 5.74) is 0.304. The first-order chi connectivity index (χ1) is 8.02. The fourth-order valence-electron chi connectivity index (χ4n) is 0.896. The van der Waals surface area contributed by atoms with Crippen molar-refractivity contribution in [3.8, 4) is 0 Å². The molecule has 1 aromatic rings. The van der Waals surface area contributed by atoms with E-state index in [0.717, 1.165) is 0 Å². The van der Waals surface area contributed by atoms with Crippen molar-refractivity contribution < 1.29 is 9.63 Å². The Morgan fingerprint density at radius 3 is 2.06 bits per heavy atom. The standard InChI is InChI=1S/C10H7Cl4NO2/c11-8(12)7(9(13)14)15-17-10(16)6-4-2-1-3-5-6/h1-5,8-9H. The zero-order valence-electron chi connectivity index (χ0n) is 8.32. The number of alkyl halides is 4. The quantitative estimate of drug-likeness (QED) is 0.367. The molecule has 0 bridgehead atoms. The first-order valence-corrected chi connectivity index (χ1v) is 6.17. The lowest BCUT2D eigenvalue weighted by molar-refractivity contribution is 0.0515. The van der Waals surface area contributed by atoms with E-state index in [1.54, 1.807) is 30.3 Å². The molecule has 0 aliphatic heterocycles. The molecule has 0 amide bonds. The van der Waals surface area contributed by atoms with Gasteiger partial charge in [-0.05, 0) is 12.1 Å². The molecule has 0 aliphatic rings. The van der Waals surface area contributed by atoms with Crippen LogP contribution in [0.25, 0.3) is 0 Å². The molecular formula is C10H7Cl4NO2. The SMILES string of the molecule is O=C(ON=C(C(Cl)Cl)C(Cl)Cl)c1ccccc1. The number of carbonyl (C=O) groups is 1. The van der Waals surface area contributed by atoms with Crippen molar-refractivity contribution in [1.29, 1.82) is 0 Å². The summed E-state index contributed by atoms with van der Waals surface area (Å²) in [6.45, 7) is 0. The predicted octanol–water partition coefficient (Wildman–Crippen LogP) is 3.81. The summed E-state index contributed by atoms with van der Waals surface area (Å²) in [4.78, 5) is 14.0. The summed E-state index contributed by atoms with van der Waals surface area (Å²) in [6, 6.07) is 8.31. The number of hydrogen-bond acceptors (Lipinski definition) is 3. The molecule has 92 valence electrons. The fourth-order valence-corrected chi connectivity index (χ4v) is 1.82. The van der Waals surface area contributed by atoms with Gasteiger partial charge in [-0.3, -0.25) is 0 Å². The van der Waals surface area contributed by atoms with Gasteiger partial charge >= 0.3 is 5.97 Å². The van der Waals surface area contributed by atoms with Gasteiger partial charge in [0.05, 0.1) is 5.56 Å². The Balaban J connectivity index is 2.72. The lowest BCUT2D eigenvalue weighted by atomic mass is 10.2. The van der Waals surface area contributed by atoms with E-state index in [2.05, 4.69) is 9.99 Å². The lowest BCUT2D eigenvalue weighted by Gasteiger charge is -2.06. The van der Waals surface area contributed by atoms with Gasteiger partial charge in [0.25, 0.3) is 0 Å². The van der Waals surface area contributed by atoms with E-state index in [1.807, 2.05) is 0 Å². The number of halogens is 4. The first kappa shape index (κ1) is 14.6. The molecule has 0 heterocycles. The zero-order valence-corrected chi connectivity index (χ0v) is 11.3. The van der Waals surface area contributed by atoms with Crippen LogP contribution in [0.3, 0.4) is 0 Å². The number of carbonyl (C=O) groups excluding carboxylic acids is 1. The molecule has 0 N–H and O–H groups in total. The van der Waals surface area contributed by atoms with E-state index in [4.69, 9.17) is 46.4 Å². The van der Waals surface area contributed by atoms with Crippen LogP contribution in [0.4, 0.5) is 0 Å². The van der Waals surface area contributed by atoms with Crippen LogP contribution < -0.4 is 0 Å². The van der Waals surface area contributed by atoms with Crippen molar-refractivity contribution in [2.24, 2.45) is 5.16 Å². The maximum absolute atomic E-state index is 11.5. The second kappa shape index (κ2) is 7.07. The third kappa shape index (κ3) is 4.72. The van der Waals surface area contributed by atoms with E-state index in [0.29, 0.717) is 5.56 Å². The van der Waals surface area contributed by atoms with Gasteiger partial charge in [-0.1, -0.05) is 69.8 Å². The van der Waals surface area contributed by atoms with Crippen LogP contribution >= 0.6 is 46.4 Å². The molecule has 0 spiro atoms. The van der Waals surface area contributed by atoms with Crippen LogP contribution in [-0.2, 0) is 4.84 Å². The van der Waals surface area contributed by atoms with Gasteiger partial charge in [0.1, 0.15) is 5.71 Å². The van der Waals surface area contributed by atoms with Crippen molar-refractivity contribution in [2.75, 3.05) is 0 Å². The summed E-state index contributed by atoms with van der Waals surface area (Å²) in [5.74, 6) is -0.647. The van der Waals surface area contributed by atoms with Gasteiger partial charge in [0, 0.05) is 0 Å². The number of oxime groups is 1. The molecule has 0 aromatic heterocycles. The molecule has 3 nitrogen and oxygen atoms in total. The second-order valence-electron chi connectivity index (χ2n) is 2.86. The van der Waals surface area contributed by atoms with E-state index in [-0.39, 0.29) is 5.71 Å². The normalized spacial score (nSPS) is 10.5. The molecule has 7 heteroatoms. The Morgan fingerprint density at radius 2 is 1.59 bits per heavy atom.